The largest absolute Gasteiger partial charge is 0.481 e. The highest BCUT2D eigenvalue weighted by Gasteiger charge is 2.03. The van der Waals surface area contributed by atoms with Gasteiger partial charge in [0.05, 0.1) is 0 Å². The van der Waals surface area contributed by atoms with Gasteiger partial charge in [0.15, 0.2) is 0 Å². The van der Waals surface area contributed by atoms with Gasteiger partial charge >= 0.3 is 5.97 Å². The van der Waals surface area contributed by atoms with Gasteiger partial charge < -0.3 is 5.11 Å². The first-order valence-corrected chi connectivity index (χ1v) is 6.58. The van der Waals surface area contributed by atoms with Crippen LogP contribution in [0.4, 0.5) is 0 Å². The van der Waals surface area contributed by atoms with Gasteiger partial charge in [0, 0.05) is 28.7 Å². The van der Waals surface area contributed by atoms with Crippen molar-refractivity contribution in [3.05, 3.63) is 0 Å². The van der Waals surface area contributed by atoms with Crippen LogP contribution in [-0.4, -0.2) is 26.8 Å². The molecule has 14 heavy (non-hydrogen) atoms. The maximum atomic E-state index is 11.4. The molecule has 0 spiro atoms. The second-order valence-electron chi connectivity index (χ2n) is 3.88. The Hall–Kier alpha value is -0.380. The van der Waals surface area contributed by atoms with Crippen molar-refractivity contribution in [3.63, 3.8) is 0 Å². The Kier molecular flexibility index (Phi) is 7.76. The normalized spacial score (nSPS) is 13.1. The van der Waals surface area contributed by atoms with E-state index in [0.717, 1.165) is 18.6 Å². The van der Waals surface area contributed by atoms with Gasteiger partial charge in [-0.2, -0.15) is 0 Å². The van der Waals surface area contributed by atoms with E-state index in [2.05, 4.69) is 13.8 Å². The van der Waals surface area contributed by atoms with Gasteiger partial charge in [0.25, 0.3) is 0 Å². The van der Waals surface area contributed by atoms with Gasteiger partial charge in [-0.15, -0.1) is 0 Å². The molecule has 0 aliphatic carbocycles. The lowest BCUT2D eigenvalue weighted by atomic mass is 10.2. The number of carboxylic acid groups (broad SMARTS) is 1. The number of rotatable bonds is 8. The van der Waals surface area contributed by atoms with Crippen LogP contribution in [0.2, 0.25) is 0 Å². The minimum Gasteiger partial charge on any atom is -0.481 e. The Morgan fingerprint density at radius 2 is 1.93 bits per heavy atom. The summed E-state index contributed by atoms with van der Waals surface area (Å²) < 4.78 is 11.4. The first-order valence-electron chi connectivity index (χ1n) is 5.09. The summed E-state index contributed by atoms with van der Waals surface area (Å²) in [6.45, 7) is 4.23. The topological polar surface area (TPSA) is 54.4 Å². The third-order valence-electron chi connectivity index (χ3n) is 1.94. The van der Waals surface area contributed by atoms with Gasteiger partial charge in [-0.25, -0.2) is 0 Å². The zero-order valence-corrected chi connectivity index (χ0v) is 9.81. The molecule has 0 amide bonds. The fraction of sp³-hybridized carbons (Fsp3) is 0.900. The van der Waals surface area contributed by atoms with Crippen LogP contribution in [0.1, 0.15) is 39.5 Å². The van der Waals surface area contributed by atoms with E-state index in [1.165, 1.54) is 0 Å². The average molecular weight is 220 g/mol. The Balaban J connectivity index is 3.31. The lowest BCUT2D eigenvalue weighted by Crippen LogP contribution is -2.06. The minimum absolute atomic E-state index is 0.196. The fourth-order valence-electron chi connectivity index (χ4n) is 1.01. The molecule has 0 rings (SSSR count). The van der Waals surface area contributed by atoms with Crippen LogP contribution in [0.3, 0.4) is 0 Å². The Morgan fingerprint density at radius 3 is 2.43 bits per heavy atom. The molecule has 0 bridgehead atoms. The SMILES string of the molecule is CC(C)CCS(=O)CCCCC(=O)O. The predicted octanol–water partition coefficient (Wildman–Crippen LogP) is 2.04. The standard InChI is InChI=1S/C10H20O3S/c1-9(2)6-8-14(13)7-4-3-5-10(11)12/h9H,3-8H2,1-2H3,(H,11,12). The summed E-state index contributed by atoms with van der Waals surface area (Å²) in [4.78, 5) is 10.2. The lowest BCUT2D eigenvalue weighted by molar-refractivity contribution is -0.137. The molecule has 0 aromatic rings. The van der Waals surface area contributed by atoms with Gasteiger partial charge in [-0.3, -0.25) is 9.00 Å². The number of carbonyl (C=O) groups is 1. The van der Waals surface area contributed by atoms with Crippen molar-refractivity contribution in [2.45, 2.75) is 39.5 Å². The van der Waals surface area contributed by atoms with Crippen LogP contribution in [0.15, 0.2) is 0 Å². The zero-order chi connectivity index (χ0) is 11.0. The van der Waals surface area contributed by atoms with Crippen molar-refractivity contribution in [2.24, 2.45) is 5.92 Å². The molecule has 0 aromatic carbocycles. The maximum Gasteiger partial charge on any atom is 0.303 e. The molecule has 0 aliphatic heterocycles. The van der Waals surface area contributed by atoms with Gasteiger partial charge in [0.1, 0.15) is 0 Å². The van der Waals surface area contributed by atoms with Crippen molar-refractivity contribution < 1.29 is 14.1 Å². The molecular weight excluding hydrogens is 200 g/mol. The molecule has 0 radical (unpaired) electrons. The monoisotopic (exact) mass is 220 g/mol. The zero-order valence-electron chi connectivity index (χ0n) is 8.99. The number of unbranched alkanes of at least 4 members (excludes halogenated alkanes) is 1. The van der Waals surface area contributed by atoms with Crippen LogP contribution in [-0.2, 0) is 15.6 Å². The molecule has 0 saturated heterocycles. The second kappa shape index (κ2) is 7.97. The van der Waals surface area contributed by atoms with E-state index in [1.54, 1.807) is 0 Å². The van der Waals surface area contributed by atoms with E-state index < -0.39 is 16.8 Å². The molecule has 0 saturated carbocycles. The lowest BCUT2D eigenvalue weighted by Gasteiger charge is -2.04. The predicted molar refractivity (Wildman–Crippen MR) is 58.8 cm³/mol. The first kappa shape index (κ1) is 13.6. The van der Waals surface area contributed by atoms with Crippen LogP contribution >= 0.6 is 0 Å². The summed E-state index contributed by atoms with van der Waals surface area (Å²) in [5.41, 5.74) is 0. The molecule has 4 heteroatoms. The van der Waals surface area contributed by atoms with Gasteiger partial charge in [0.2, 0.25) is 0 Å². The summed E-state index contributed by atoms with van der Waals surface area (Å²) in [6.07, 6.45) is 2.59. The van der Waals surface area contributed by atoms with Crippen LogP contribution in [0, 0.1) is 5.92 Å². The summed E-state index contributed by atoms with van der Waals surface area (Å²) >= 11 is 0. The molecule has 1 atom stereocenters. The van der Waals surface area contributed by atoms with E-state index >= 15 is 0 Å². The Labute approximate surface area is 88.4 Å². The average Bonchev–Trinajstić information content (AvgIpc) is 2.08. The first-order chi connectivity index (χ1) is 6.52. The maximum absolute atomic E-state index is 11.4. The smallest absolute Gasteiger partial charge is 0.303 e. The summed E-state index contributed by atoms with van der Waals surface area (Å²) in [7, 11) is -0.748. The molecule has 3 nitrogen and oxygen atoms in total. The second-order valence-corrected chi connectivity index (χ2v) is 5.58. The molecule has 1 N–H and O–H groups in total. The highest BCUT2D eigenvalue weighted by Crippen LogP contribution is 2.03. The number of carboxylic acids is 1. The van der Waals surface area contributed by atoms with Gasteiger partial charge in [-0.05, 0) is 25.2 Å². The van der Waals surface area contributed by atoms with Crippen LogP contribution in [0.5, 0.6) is 0 Å². The van der Waals surface area contributed by atoms with E-state index in [0.29, 0.717) is 18.1 Å². The van der Waals surface area contributed by atoms with E-state index in [1.807, 2.05) is 0 Å². The molecule has 0 aromatic heterocycles. The third kappa shape index (κ3) is 9.71. The molecule has 84 valence electrons. The van der Waals surface area contributed by atoms with Crippen LogP contribution < -0.4 is 0 Å². The van der Waals surface area contributed by atoms with Crippen molar-refractivity contribution in [2.75, 3.05) is 11.5 Å². The van der Waals surface area contributed by atoms with Crippen molar-refractivity contribution >= 4 is 16.8 Å². The molecule has 0 heterocycles. The molecule has 0 fully saturated rings. The Morgan fingerprint density at radius 1 is 1.29 bits per heavy atom. The van der Waals surface area contributed by atoms with Gasteiger partial charge in [-0.1, -0.05) is 13.8 Å². The molecular formula is C10H20O3S. The van der Waals surface area contributed by atoms with Crippen molar-refractivity contribution in [3.8, 4) is 0 Å². The highest BCUT2D eigenvalue weighted by molar-refractivity contribution is 7.84. The number of hydrogen-bond donors (Lipinski definition) is 1. The summed E-state index contributed by atoms with van der Waals surface area (Å²) in [6, 6.07) is 0. The van der Waals surface area contributed by atoms with Crippen molar-refractivity contribution in [1.29, 1.82) is 0 Å². The molecule has 1 unspecified atom stereocenters. The number of aliphatic carboxylic acids is 1. The third-order valence-corrected chi connectivity index (χ3v) is 3.37. The van der Waals surface area contributed by atoms with Crippen molar-refractivity contribution in [1.82, 2.24) is 0 Å². The number of hydrogen-bond acceptors (Lipinski definition) is 2. The Bertz CT molecular complexity index is 190. The van der Waals surface area contributed by atoms with E-state index in [4.69, 9.17) is 5.11 Å². The van der Waals surface area contributed by atoms with Crippen LogP contribution in [0.25, 0.3) is 0 Å². The van der Waals surface area contributed by atoms with E-state index in [-0.39, 0.29) is 6.42 Å². The fourth-order valence-corrected chi connectivity index (χ4v) is 2.47. The summed E-state index contributed by atoms with van der Waals surface area (Å²) in [5.74, 6) is 1.24. The highest BCUT2D eigenvalue weighted by atomic mass is 32.2. The quantitative estimate of drug-likeness (QED) is 0.637. The molecule has 0 aliphatic rings. The summed E-state index contributed by atoms with van der Waals surface area (Å²) in [5, 5.41) is 8.38. The minimum atomic E-state index is -0.766. The van der Waals surface area contributed by atoms with E-state index in [9.17, 15) is 9.00 Å².